The number of aromatic amines is 1. The molecule has 0 saturated carbocycles. The summed E-state index contributed by atoms with van der Waals surface area (Å²) in [5.41, 5.74) is 10.9. The predicted molar refractivity (Wildman–Crippen MR) is 171 cm³/mol. The maximum atomic E-state index is 12.6. The first-order valence-electron chi connectivity index (χ1n) is 14.0. The summed E-state index contributed by atoms with van der Waals surface area (Å²) in [5, 5.41) is 5.50. The Balaban J connectivity index is 1.71. The third-order valence-corrected chi connectivity index (χ3v) is 7.92. The number of H-pyrrole nitrogens is 1. The van der Waals surface area contributed by atoms with Gasteiger partial charge in [-0.1, -0.05) is 18.7 Å². The number of ether oxygens (including phenoxy) is 1. The third-order valence-electron chi connectivity index (χ3n) is 7.92. The zero-order chi connectivity index (χ0) is 30.1. The third kappa shape index (κ3) is 5.33. The van der Waals surface area contributed by atoms with E-state index in [0.29, 0.717) is 6.61 Å². The lowest BCUT2D eigenvalue weighted by Crippen LogP contribution is -2.24. The lowest BCUT2D eigenvalue weighted by molar-refractivity contribution is -0.113. The lowest BCUT2D eigenvalue weighted by atomic mass is 9.93. The number of aromatic nitrogens is 4. The van der Waals surface area contributed by atoms with Crippen molar-refractivity contribution in [2.24, 2.45) is 7.05 Å². The molecule has 0 atom stereocenters. The smallest absolute Gasteiger partial charge is 0.250 e. The maximum absolute atomic E-state index is 12.6. The molecular formula is C34H38N6O2. The number of likely N-dealkylation sites (N-methyl/N-ethyl adjacent to an activating group) is 2. The average Bonchev–Trinajstić information content (AvgIpc) is 3.53. The molecule has 0 radical (unpaired) electrons. The molecule has 3 aromatic heterocycles. The summed E-state index contributed by atoms with van der Waals surface area (Å²) in [4.78, 5) is 24.8. The second kappa shape index (κ2) is 11.7. The number of rotatable bonds is 9. The quantitative estimate of drug-likeness (QED) is 0.213. The van der Waals surface area contributed by atoms with Crippen molar-refractivity contribution < 1.29 is 9.53 Å². The van der Waals surface area contributed by atoms with Crippen LogP contribution in [0.2, 0.25) is 0 Å². The molecule has 8 heteroatoms. The maximum Gasteiger partial charge on any atom is 0.250 e. The SMILES string of the molecule is C=CC(=O)N(C)c1cc(-c2c(-c3ccc(OCCN(C)C)cc3)[nH]c3ncc(-c4cnn(C)c4C)c(C)c23)ccc1C. The summed E-state index contributed by atoms with van der Waals surface area (Å²) in [5.74, 6) is 0.663. The Kier molecular flexibility index (Phi) is 8.00. The summed E-state index contributed by atoms with van der Waals surface area (Å²) < 4.78 is 7.83. The van der Waals surface area contributed by atoms with Gasteiger partial charge in [0.15, 0.2) is 0 Å². The molecule has 3 heterocycles. The molecule has 1 amide bonds. The monoisotopic (exact) mass is 562 g/mol. The van der Waals surface area contributed by atoms with Crippen LogP contribution in [0.4, 0.5) is 5.69 Å². The van der Waals surface area contributed by atoms with Crippen LogP contribution in [-0.2, 0) is 11.8 Å². The number of carbonyl (C=O) groups excluding carboxylic acids is 1. The average molecular weight is 563 g/mol. The molecule has 216 valence electrons. The van der Waals surface area contributed by atoms with Crippen molar-refractivity contribution in [1.29, 1.82) is 0 Å². The zero-order valence-electron chi connectivity index (χ0n) is 25.4. The highest BCUT2D eigenvalue weighted by atomic mass is 16.5. The van der Waals surface area contributed by atoms with Crippen molar-refractivity contribution in [2.75, 3.05) is 39.2 Å². The number of benzene rings is 2. The molecule has 42 heavy (non-hydrogen) atoms. The van der Waals surface area contributed by atoms with Gasteiger partial charge < -0.3 is 19.5 Å². The molecule has 0 bridgehead atoms. The number of anilines is 1. The highest BCUT2D eigenvalue weighted by Crippen LogP contribution is 2.43. The summed E-state index contributed by atoms with van der Waals surface area (Å²) >= 11 is 0. The number of nitrogens with zero attached hydrogens (tertiary/aromatic N) is 5. The van der Waals surface area contributed by atoms with E-state index in [1.807, 2.05) is 57.3 Å². The van der Waals surface area contributed by atoms with E-state index in [0.717, 1.165) is 79.3 Å². The molecule has 5 rings (SSSR count). The zero-order valence-corrected chi connectivity index (χ0v) is 25.4. The van der Waals surface area contributed by atoms with Gasteiger partial charge in [0.1, 0.15) is 18.0 Å². The largest absolute Gasteiger partial charge is 0.492 e. The van der Waals surface area contributed by atoms with E-state index in [9.17, 15) is 4.79 Å². The molecule has 0 aliphatic heterocycles. The Bertz CT molecular complexity index is 1780. The predicted octanol–water partition coefficient (Wildman–Crippen LogP) is 6.31. The number of nitrogens with one attached hydrogen (secondary N) is 1. The fraction of sp³-hybridized carbons (Fsp3) is 0.265. The molecule has 0 aliphatic carbocycles. The van der Waals surface area contributed by atoms with Crippen molar-refractivity contribution in [1.82, 2.24) is 24.6 Å². The van der Waals surface area contributed by atoms with Crippen LogP contribution in [0.5, 0.6) is 5.75 Å². The minimum atomic E-state index is -0.161. The van der Waals surface area contributed by atoms with E-state index >= 15 is 0 Å². The van der Waals surface area contributed by atoms with Gasteiger partial charge >= 0.3 is 0 Å². The number of amides is 1. The highest BCUT2D eigenvalue weighted by Gasteiger charge is 2.22. The molecule has 0 saturated heterocycles. The summed E-state index contributed by atoms with van der Waals surface area (Å²) in [7, 11) is 7.78. The molecule has 0 fully saturated rings. The second-order valence-electron chi connectivity index (χ2n) is 10.9. The first-order chi connectivity index (χ1) is 20.1. The van der Waals surface area contributed by atoms with E-state index < -0.39 is 0 Å². The first-order valence-corrected chi connectivity index (χ1v) is 14.0. The van der Waals surface area contributed by atoms with Crippen molar-refractivity contribution in [3.63, 3.8) is 0 Å². The molecule has 0 unspecified atom stereocenters. The van der Waals surface area contributed by atoms with Crippen LogP contribution in [-0.4, -0.2) is 64.9 Å². The number of fused-ring (bicyclic) bond motifs is 1. The lowest BCUT2D eigenvalue weighted by Gasteiger charge is -2.19. The van der Waals surface area contributed by atoms with Crippen molar-refractivity contribution in [3.8, 4) is 39.3 Å². The molecule has 8 nitrogen and oxygen atoms in total. The minimum Gasteiger partial charge on any atom is -0.492 e. The van der Waals surface area contributed by atoms with E-state index in [4.69, 9.17) is 9.72 Å². The second-order valence-corrected chi connectivity index (χ2v) is 10.9. The van der Waals surface area contributed by atoms with Crippen LogP contribution in [0, 0.1) is 20.8 Å². The molecule has 0 spiro atoms. The van der Waals surface area contributed by atoms with Gasteiger partial charge in [-0.05, 0) is 93.5 Å². The van der Waals surface area contributed by atoms with Gasteiger partial charge in [0.25, 0.3) is 0 Å². The number of hydrogen-bond acceptors (Lipinski definition) is 5. The number of carbonyl (C=O) groups is 1. The van der Waals surface area contributed by atoms with E-state index in [1.54, 1.807) is 11.9 Å². The minimum absolute atomic E-state index is 0.161. The number of pyridine rings is 1. The van der Waals surface area contributed by atoms with Crippen molar-refractivity contribution in [3.05, 3.63) is 84.3 Å². The van der Waals surface area contributed by atoms with Gasteiger partial charge in [-0.3, -0.25) is 9.48 Å². The fourth-order valence-corrected chi connectivity index (χ4v) is 5.29. The number of hydrogen-bond donors (Lipinski definition) is 1. The topological polar surface area (TPSA) is 79.3 Å². The standard InChI is InChI=1S/C34H38N6O2/c1-9-30(41)39(7)29-18-25(11-10-21(29)2)32-31-22(3)27(28-20-36-40(8)23(28)4)19-35-34(31)37-33(32)24-12-14-26(15-13-24)42-17-16-38(5)6/h9-15,18-20H,1,16-17H2,2-8H3,(H,35,37). The van der Waals surface area contributed by atoms with Gasteiger partial charge in [-0.2, -0.15) is 5.10 Å². The highest BCUT2D eigenvalue weighted by molar-refractivity contribution is 6.07. The molecule has 2 aromatic carbocycles. The van der Waals surface area contributed by atoms with Gasteiger partial charge in [0.05, 0.1) is 11.9 Å². The molecule has 5 aromatic rings. The first kappa shape index (κ1) is 28.8. The van der Waals surface area contributed by atoms with E-state index in [-0.39, 0.29) is 5.91 Å². The Labute approximate surface area is 247 Å². The van der Waals surface area contributed by atoms with E-state index in [2.05, 4.69) is 65.7 Å². The van der Waals surface area contributed by atoms with Crippen LogP contribution >= 0.6 is 0 Å². The van der Waals surface area contributed by atoms with Crippen LogP contribution in [0.3, 0.4) is 0 Å². The Morgan fingerprint density at radius 2 is 1.74 bits per heavy atom. The summed E-state index contributed by atoms with van der Waals surface area (Å²) in [6, 6.07) is 14.4. The Hall–Kier alpha value is -4.69. The van der Waals surface area contributed by atoms with E-state index in [1.165, 1.54) is 6.08 Å². The normalized spacial score (nSPS) is 11.3. The Morgan fingerprint density at radius 3 is 2.38 bits per heavy atom. The summed E-state index contributed by atoms with van der Waals surface area (Å²) in [6.07, 6.45) is 5.15. The van der Waals surface area contributed by atoms with Gasteiger partial charge in [-0.25, -0.2) is 4.98 Å². The molecule has 0 aliphatic rings. The number of aryl methyl sites for hydroxylation is 3. The van der Waals surface area contributed by atoms with Crippen molar-refractivity contribution in [2.45, 2.75) is 20.8 Å². The van der Waals surface area contributed by atoms with Crippen LogP contribution < -0.4 is 9.64 Å². The Morgan fingerprint density at radius 1 is 1.02 bits per heavy atom. The van der Waals surface area contributed by atoms with Crippen molar-refractivity contribution >= 4 is 22.6 Å². The molecule has 1 N–H and O–H groups in total. The van der Waals surface area contributed by atoms with Crippen LogP contribution in [0.15, 0.2) is 67.5 Å². The van der Waals surface area contributed by atoms with Gasteiger partial charge in [0.2, 0.25) is 5.91 Å². The van der Waals surface area contributed by atoms with Crippen LogP contribution in [0.1, 0.15) is 16.8 Å². The summed E-state index contributed by atoms with van der Waals surface area (Å²) in [6.45, 7) is 11.3. The van der Waals surface area contributed by atoms with Crippen LogP contribution in [0.25, 0.3) is 44.5 Å². The van der Waals surface area contributed by atoms with Gasteiger partial charge in [-0.15, -0.1) is 0 Å². The van der Waals surface area contributed by atoms with Gasteiger partial charge in [0, 0.05) is 60.3 Å². The molecular weight excluding hydrogens is 524 g/mol. The fourth-order valence-electron chi connectivity index (χ4n) is 5.29.